The molecule has 1 atom stereocenters. The number of hydrogen-bond acceptors (Lipinski definition) is 5. The lowest BCUT2D eigenvalue weighted by atomic mass is 10.1. The second-order valence-corrected chi connectivity index (χ2v) is 9.83. The molecule has 0 radical (unpaired) electrons. The Balaban J connectivity index is 1.47. The molecule has 28 heavy (non-hydrogen) atoms. The Hall–Kier alpha value is -1.54. The summed E-state index contributed by atoms with van der Waals surface area (Å²) in [5, 5.41) is 12.6. The number of thioether (sulfide) groups is 1. The van der Waals surface area contributed by atoms with Crippen LogP contribution in [0.4, 0.5) is 11.6 Å². The zero-order chi connectivity index (χ0) is 19.7. The highest BCUT2D eigenvalue weighted by molar-refractivity contribution is 9.10. The van der Waals surface area contributed by atoms with Gasteiger partial charge in [-0.1, -0.05) is 17.8 Å². The number of nitrogens with zero attached hydrogens (tertiary/aromatic N) is 4. The zero-order valence-electron chi connectivity index (χ0n) is 16.3. The second-order valence-electron chi connectivity index (χ2n) is 7.66. The van der Waals surface area contributed by atoms with Crippen molar-refractivity contribution < 1.29 is 4.79 Å². The molecule has 1 aromatic carbocycles. The van der Waals surface area contributed by atoms with Crippen LogP contribution in [0.25, 0.3) is 0 Å². The minimum absolute atomic E-state index is 0.0283. The van der Waals surface area contributed by atoms with Crippen molar-refractivity contribution in [3.05, 3.63) is 28.2 Å². The summed E-state index contributed by atoms with van der Waals surface area (Å²) in [7, 11) is 0. The molecule has 1 amide bonds. The molecule has 2 aliphatic rings. The SMILES string of the molecule is Cc1ccc(NC(=O)C(C)Sc2nnc(N3CCCCC3)n2C2CC2)c(Br)c1. The van der Waals surface area contributed by atoms with Crippen LogP contribution in [-0.2, 0) is 4.79 Å². The predicted octanol–water partition coefficient (Wildman–Crippen LogP) is 4.79. The molecule has 2 aromatic rings. The summed E-state index contributed by atoms with van der Waals surface area (Å²) < 4.78 is 3.16. The van der Waals surface area contributed by atoms with Crippen molar-refractivity contribution in [3.63, 3.8) is 0 Å². The van der Waals surface area contributed by atoms with Gasteiger partial charge < -0.3 is 10.2 Å². The maximum Gasteiger partial charge on any atom is 0.237 e. The van der Waals surface area contributed by atoms with Gasteiger partial charge in [-0.15, -0.1) is 10.2 Å². The molecule has 1 aliphatic carbocycles. The number of benzene rings is 1. The van der Waals surface area contributed by atoms with Gasteiger partial charge in [-0.2, -0.15) is 0 Å². The van der Waals surface area contributed by atoms with Gasteiger partial charge in [0.1, 0.15) is 0 Å². The smallest absolute Gasteiger partial charge is 0.237 e. The van der Waals surface area contributed by atoms with Crippen molar-refractivity contribution in [1.29, 1.82) is 0 Å². The summed E-state index contributed by atoms with van der Waals surface area (Å²) >= 11 is 5.02. The van der Waals surface area contributed by atoms with Crippen molar-refractivity contribution in [3.8, 4) is 0 Å². The molecule has 1 unspecified atom stereocenters. The van der Waals surface area contributed by atoms with Crippen LogP contribution in [0.15, 0.2) is 27.8 Å². The van der Waals surface area contributed by atoms with E-state index in [1.807, 2.05) is 32.0 Å². The Morgan fingerprint density at radius 2 is 2.00 bits per heavy atom. The number of aromatic nitrogens is 3. The van der Waals surface area contributed by atoms with Gasteiger partial charge in [0.25, 0.3) is 0 Å². The van der Waals surface area contributed by atoms with Gasteiger partial charge in [-0.3, -0.25) is 9.36 Å². The molecule has 1 N–H and O–H groups in total. The molecule has 6 nitrogen and oxygen atoms in total. The quantitative estimate of drug-likeness (QED) is 0.623. The van der Waals surface area contributed by atoms with Gasteiger partial charge >= 0.3 is 0 Å². The highest BCUT2D eigenvalue weighted by atomic mass is 79.9. The number of carbonyl (C=O) groups is 1. The molecule has 0 bridgehead atoms. The van der Waals surface area contributed by atoms with Crippen LogP contribution < -0.4 is 10.2 Å². The first-order valence-electron chi connectivity index (χ1n) is 9.96. The topological polar surface area (TPSA) is 63.1 Å². The van der Waals surface area contributed by atoms with E-state index in [1.165, 1.54) is 43.9 Å². The largest absolute Gasteiger partial charge is 0.341 e. The molecular weight excluding hydrogens is 438 g/mol. The van der Waals surface area contributed by atoms with Gasteiger partial charge in [0.2, 0.25) is 11.9 Å². The molecule has 4 rings (SSSR count). The fourth-order valence-electron chi connectivity index (χ4n) is 3.48. The number of aryl methyl sites for hydroxylation is 1. The van der Waals surface area contributed by atoms with E-state index in [-0.39, 0.29) is 11.2 Å². The fraction of sp³-hybridized carbons (Fsp3) is 0.550. The summed E-state index contributed by atoms with van der Waals surface area (Å²) in [5.74, 6) is 0.956. The third-order valence-electron chi connectivity index (χ3n) is 5.23. The van der Waals surface area contributed by atoms with Crippen molar-refractivity contribution in [2.45, 2.75) is 62.4 Å². The number of carbonyl (C=O) groups excluding carboxylic acids is 1. The monoisotopic (exact) mass is 463 g/mol. The molecule has 0 spiro atoms. The van der Waals surface area contributed by atoms with Gasteiger partial charge in [0.15, 0.2) is 5.16 Å². The highest BCUT2D eigenvalue weighted by Gasteiger charge is 2.33. The Morgan fingerprint density at radius 1 is 1.25 bits per heavy atom. The van der Waals surface area contributed by atoms with E-state index >= 15 is 0 Å². The Labute approximate surface area is 178 Å². The molecule has 2 heterocycles. The van der Waals surface area contributed by atoms with Crippen molar-refractivity contribution in [2.24, 2.45) is 0 Å². The third kappa shape index (κ3) is 4.38. The Morgan fingerprint density at radius 3 is 2.68 bits per heavy atom. The summed E-state index contributed by atoms with van der Waals surface area (Å²) in [6, 6.07) is 6.40. The van der Waals surface area contributed by atoms with E-state index in [0.717, 1.165) is 39.9 Å². The van der Waals surface area contributed by atoms with Crippen molar-refractivity contribution in [2.75, 3.05) is 23.3 Å². The van der Waals surface area contributed by atoms with Crippen molar-refractivity contribution >= 4 is 45.2 Å². The molecule has 2 fully saturated rings. The number of nitrogens with one attached hydrogen (secondary N) is 1. The van der Waals surface area contributed by atoms with Gasteiger partial charge in [-0.25, -0.2) is 0 Å². The number of amides is 1. The van der Waals surface area contributed by atoms with E-state index in [1.54, 1.807) is 0 Å². The van der Waals surface area contributed by atoms with Crippen molar-refractivity contribution in [1.82, 2.24) is 14.8 Å². The standard InChI is InChI=1S/C20H26BrN5OS/c1-13-6-9-17(16(21)12-13)22-18(27)14(2)28-20-24-23-19(26(20)15-7-8-15)25-10-4-3-5-11-25/h6,9,12,14-15H,3-5,7-8,10-11H2,1-2H3,(H,22,27). The van der Waals surface area contributed by atoms with E-state index in [9.17, 15) is 4.79 Å². The number of anilines is 2. The predicted molar refractivity (Wildman–Crippen MR) is 117 cm³/mol. The summed E-state index contributed by atoms with van der Waals surface area (Å²) in [4.78, 5) is 15.1. The first-order chi connectivity index (χ1) is 13.5. The first-order valence-corrected chi connectivity index (χ1v) is 11.6. The summed E-state index contributed by atoms with van der Waals surface area (Å²) in [6.07, 6.45) is 6.06. The third-order valence-corrected chi connectivity index (χ3v) is 6.94. The minimum Gasteiger partial charge on any atom is -0.341 e. The maximum atomic E-state index is 12.7. The fourth-order valence-corrected chi connectivity index (χ4v) is 4.99. The number of hydrogen-bond donors (Lipinski definition) is 1. The van der Waals surface area contributed by atoms with Gasteiger partial charge in [0, 0.05) is 23.6 Å². The summed E-state index contributed by atoms with van der Waals surface area (Å²) in [6.45, 7) is 6.05. The number of piperidine rings is 1. The normalized spacial score (nSPS) is 18.2. The van der Waals surface area contributed by atoms with Crippen LogP contribution >= 0.6 is 27.7 Å². The maximum absolute atomic E-state index is 12.7. The van der Waals surface area contributed by atoms with Crippen LogP contribution in [-0.4, -0.2) is 39.0 Å². The van der Waals surface area contributed by atoms with Gasteiger partial charge in [0.05, 0.1) is 10.9 Å². The molecule has 150 valence electrons. The van der Waals surface area contributed by atoms with E-state index < -0.39 is 0 Å². The zero-order valence-corrected chi connectivity index (χ0v) is 18.7. The lowest BCUT2D eigenvalue weighted by Gasteiger charge is -2.28. The number of halogens is 1. The van der Waals surface area contributed by atoms with Crippen LogP contribution in [0, 0.1) is 6.92 Å². The van der Waals surface area contributed by atoms with Gasteiger partial charge in [-0.05, 0) is 79.6 Å². The minimum atomic E-state index is -0.260. The molecule has 1 saturated carbocycles. The van der Waals surface area contributed by atoms with E-state index in [4.69, 9.17) is 0 Å². The summed E-state index contributed by atoms with van der Waals surface area (Å²) in [5.41, 5.74) is 1.94. The van der Waals surface area contributed by atoms with E-state index in [2.05, 4.69) is 40.9 Å². The Kier molecular flexibility index (Phi) is 5.96. The first kappa shape index (κ1) is 19.8. The molecule has 1 saturated heterocycles. The molecule has 1 aliphatic heterocycles. The number of rotatable bonds is 6. The Bertz CT molecular complexity index is 860. The molecule has 1 aromatic heterocycles. The molecule has 8 heteroatoms. The lowest BCUT2D eigenvalue weighted by molar-refractivity contribution is -0.115. The average Bonchev–Trinajstić information content (AvgIpc) is 3.44. The average molecular weight is 464 g/mol. The van der Waals surface area contributed by atoms with Crippen LogP contribution in [0.2, 0.25) is 0 Å². The van der Waals surface area contributed by atoms with Crippen LogP contribution in [0.5, 0.6) is 0 Å². The van der Waals surface area contributed by atoms with Crippen LogP contribution in [0.1, 0.15) is 50.6 Å². The van der Waals surface area contributed by atoms with Crippen LogP contribution in [0.3, 0.4) is 0 Å². The van der Waals surface area contributed by atoms with E-state index in [0.29, 0.717) is 6.04 Å². The molecular formula is C20H26BrN5OS. The highest BCUT2D eigenvalue weighted by Crippen LogP contribution is 2.42. The lowest BCUT2D eigenvalue weighted by Crippen LogP contribution is -2.32. The second kappa shape index (κ2) is 8.45.